The topological polar surface area (TPSA) is 63.3 Å². The maximum absolute atomic E-state index is 10.8. The molecule has 0 aromatic heterocycles. The Hall–Kier alpha value is -1.84. The fourth-order valence-corrected chi connectivity index (χ4v) is 3.59. The monoisotopic (exact) mass is 373 g/mol. The molecule has 0 amide bonds. The van der Waals surface area contributed by atoms with E-state index in [9.17, 15) is 4.79 Å². The molecule has 26 heavy (non-hydrogen) atoms. The fourth-order valence-electron chi connectivity index (χ4n) is 3.27. The van der Waals surface area contributed by atoms with Crippen molar-refractivity contribution in [3.63, 3.8) is 0 Å². The minimum atomic E-state index is -0.929. The molecule has 140 valence electrons. The van der Waals surface area contributed by atoms with Crippen molar-refractivity contribution in [2.75, 3.05) is 6.54 Å². The molecule has 2 aromatic rings. The lowest BCUT2D eigenvalue weighted by molar-refractivity contribution is 0.0697. The van der Waals surface area contributed by atoms with Crippen molar-refractivity contribution in [1.29, 1.82) is 0 Å². The summed E-state index contributed by atoms with van der Waals surface area (Å²) in [4.78, 5) is 10.8. The average molecular weight is 374 g/mol. The van der Waals surface area contributed by atoms with E-state index in [1.165, 1.54) is 5.56 Å². The van der Waals surface area contributed by atoms with E-state index < -0.39 is 5.97 Å². The quantitative estimate of drug-likeness (QED) is 0.756. The Balaban J connectivity index is 0.000000228. The van der Waals surface area contributed by atoms with E-state index in [1.807, 2.05) is 24.3 Å². The number of rotatable bonds is 4. The number of nitrogens with two attached hydrogens (primary N) is 1. The van der Waals surface area contributed by atoms with Crippen LogP contribution in [0.5, 0.6) is 0 Å². The number of hydrogen-bond acceptors (Lipinski definition) is 2. The number of carboxylic acid groups (broad SMARTS) is 1. The molecule has 1 fully saturated rings. The average Bonchev–Trinajstić information content (AvgIpc) is 3.37. The van der Waals surface area contributed by atoms with Gasteiger partial charge in [0, 0.05) is 5.02 Å². The molecule has 0 radical (unpaired) electrons. The van der Waals surface area contributed by atoms with Crippen molar-refractivity contribution in [2.45, 2.75) is 39.5 Å². The number of aromatic carboxylic acids is 1. The predicted molar refractivity (Wildman–Crippen MR) is 108 cm³/mol. The van der Waals surface area contributed by atoms with Crippen molar-refractivity contribution in [2.24, 2.45) is 17.1 Å². The van der Waals surface area contributed by atoms with Crippen LogP contribution >= 0.6 is 11.6 Å². The molecule has 3 rings (SSSR count). The van der Waals surface area contributed by atoms with Gasteiger partial charge < -0.3 is 10.8 Å². The van der Waals surface area contributed by atoms with Crippen molar-refractivity contribution in [3.8, 4) is 0 Å². The molecular formula is C22H28ClNO2. The van der Waals surface area contributed by atoms with Crippen molar-refractivity contribution in [1.82, 2.24) is 0 Å². The predicted octanol–water partition coefficient (Wildman–Crippen LogP) is 5.38. The molecule has 2 atom stereocenters. The summed E-state index contributed by atoms with van der Waals surface area (Å²) < 4.78 is 0. The van der Waals surface area contributed by atoms with Crippen LogP contribution in [-0.2, 0) is 6.42 Å². The van der Waals surface area contributed by atoms with Gasteiger partial charge in [-0.25, -0.2) is 4.79 Å². The van der Waals surface area contributed by atoms with Crippen LogP contribution in [0.15, 0.2) is 48.5 Å². The normalized spacial score (nSPS) is 18.7. The molecule has 0 saturated heterocycles. The Morgan fingerprint density at radius 2 is 1.85 bits per heavy atom. The van der Waals surface area contributed by atoms with E-state index in [4.69, 9.17) is 22.4 Å². The lowest BCUT2D eigenvalue weighted by atomic mass is 9.87. The molecule has 0 bridgehead atoms. The van der Waals surface area contributed by atoms with Gasteiger partial charge in [0.25, 0.3) is 0 Å². The maximum atomic E-state index is 10.8. The lowest BCUT2D eigenvalue weighted by Gasteiger charge is -2.18. The molecule has 0 spiro atoms. The van der Waals surface area contributed by atoms with Crippen LogP contribution in [0.4, 0.5) is 0 Å². The second-order valence-corrected chi connectivity index (χ2v) is 8.29. The molecule has 0 heterocycles. The highest BCUT2D eigenvalue weighted by atomic mass is 35.5. The standard InChI is InChI=1S/C14H17ClO2.C8H11N/c1-14(2,3)11-7-10(11)9-5-4-8(13(16)17)6-12(9)15;9-7-6-8-4-2-1-3-5-8/h4-6,10-11H,7H2,1-3H3,(H,16,17);1-5H,6-7,9H2/t10-,11+;/m0./s1. The number of hydrogen-bond donors (Lipinski definition) is 2. The zero-order valence-electron chi connectivity index (χ0n) is 15.7. The number of halogens is 1. The highest BCUT2D eigenvalue weighted by Crippen LogP contribution is 2.57. The molecule has 0 aliphatic heterocycles. The van der Waals surface area contributed by atoms with E-state index in [1.54, 1.807) is 12.1 Å². The Morgan fingerprint density at radius 3 is 2.31 bits per heavy atom. The summed E-state index contributed by atoms with van der Waals surface area (Å²) in [6.45, 7) is 7.44. The highest BCUT2D eigenvalue weighted by molar-refractivity contribution is 6.31. The molecule has 2 aromatic carbocycles. The first-order valence-corrected chi connectivity index (χ1v) is 9.38. The second-order valence-electron chi connectivity index (χ2n) is 7.88. The van der Waals surface area contributed by atoms with Crippen LogP contribution in [0.1, 0.15) is 54.6 Å². The van der Waals surface area contributed by atoms with Crippen molar-refractivity contribution >= 4 is 17.6 Å². The molecule has 0 unspecified atom stereocenters. The summed E-state index contributed by atoms with van der Waals surface area (Å²) in [6, 6.07) is 15.3. The minimum absolute atomic E-state index is 0.256. The third kappa shape index (κ3) is 5.58. The first-order chi connectivity index (χ1) is 12.2. The smallest absolute Gasteiger partial charge is 0.335 e. The zero-order valence-corrected chi connectivity index (χ0v) is 16.5. The first-order valence-electron chi connectivity index (χ1n) is 9.00. The van der Waals surface area contributed by atoms with E-state index in [0.29, 0.717) is 22.3 Å². The lowest BCUT2D eigenvalue weighted by Crippen LogP contribution is -2.09. The van der Waals surface area contributed by atoms with Crippen LogP contribution in [0.2, 0.25) is 5.02 Å². The molecule has 3 nitrogen and oxygen atoms in total. The van der Waals surface area contributed by atoms with Gasteiger partial charge in [0.05, 0.1) is 5.56 Å². The minimum Gasteiger partial charge on any atom is -0.478 e. The highest BCUT2D eigenvalue weighted by Gasteiger charge is 2.46. The van der Waals surface area contributed by atoms with Crippen LogP contribution in [-0.4, -0.2) is 17.6 Å². The van der Waals surface area contributed by atoms with Gasteiger partial charge in [-0.3, -0.25) is 0 Å². The molecule has 1 aliphatic carbocycles. The summed E-state index contributed by atoms with van der Waals surface area (Å²) in [5.74, 6) is 0.211. The Bertz CT molecular complexity index is 738. The zero-order chi connectivity index (χ0) is 19.3. The van der Waals surface area contributed by atoms with E-state index >= 15 is 0 Å². The molecule has 4 heteroatoms. The Morgan fingerprint density at radius 1 is 1.19 bits per heavy atom. The SMILES string of the molecule is CC(C)(C)[C@@H]1C[C@H]1c1ccc(C(=O)O)cc1Cl.NCCc1ccccc1. The first kappa shape index (κ1) is 20.5. The molecule has 3 N–H and O–H groups in total. The van der Waals surface area contributed by atoms with Crippen molar-refractivity contribution < 1.29 is 9.90 Å². The van der Waals surface area contributed by atoms with Gasteiger partial charge in [0.15, 0.2) is 0 Å². The van der Waals surface area contributed by atoms with Crippen LogP contribution in [0, 0.1) is 11.3 Å². The van der Waals surface area contributed by atoms with Gasteiger partial charge in [-0.1, -0.05) is 68.8 Å². The number of carbonyl (C=O) groups is 1. The maximum Gasteiger partial charge on any atom is 0.335 e. The van der Waals surface area contributed by atoms with Gasteiger partial charge in [0.1, 0.15) is 0 Å². The summed E-state index contributed by atoms with van der Waals surface area (Å²) in [7, 11) is 0. The summed E-state index contributed by atoms with van der Waals surface area (Å²) in [6.07, 6.45) is 2.14. The summed E-state index contributed by atoms with van der Waals surface area (Å²) in [5, 5.41) is 9.46. The Kier molecular flexibility index (Phi) is 6.85. The van der Waals surface area contributed by atoms with E-state index in [-0.39, 0.29) is 5.56 Å². The van der Waals surface area contributed by atoms with Crippen molar-refractivity contribution in [3.05, 3.63) is 70.2 Å². The van der Waals surface area contributed by atoms with Gasteiger partial charge >= 0.3 is 5.97 Å². The molecule has 1 aliphatic rings. The molecule has 1 saturated carbocycles. The van der Waals surface area contributed by atoms with Gasteiger partial charge in [-0.15, -0.1) is 0 Å². The van der Waals surface area contributed by atoms with Gasteiger partial charge in [0.2, 0.25) is 0 Å². The third-order valence-corrected chi connectivity index (χ3v) is 5.15. The van der Waals surface area contributed by atoms with Gasteiger partial charge in [-0.2, -0.15) is 0 Å². The largest absolute Gasteiger partial charge is 0.478 e. The fraction of sp³-hybridized carbons (Fsp3) is 0.409. The number of carboxylic acids is 1. The Labute approximate surface area is 161 Å². The van der Waals surface area contributed by atoms with Gasteiger partial charge in [-0.05, 0) is 59.9 Å². The van der Waals surface area contributed by atoms with E-state index in [0.717, 1.165) is 24.9 Å². The number of benzene rings is 2. The molecular weight excluding hydrogens is 346 g/mol. The third-order valence-electron chi connectivity index (χ3n) is 4.83. The summed E-state index contributed by atoms with van der Waals surface area (Å²) >= 11 is 6.16. The van der Waals surface area contributed by atoms with Crippen LogP contribution in [0.3, 0.4) is 0 Å². The summed E-state index contributed by atoms with van der Waals surface area (Å²) in [5.41, 5.74) is 8.32. The van der Waals surface area contributed by atoms with E-state index in [2.05, 4.69) is 32.9 Å². The second kappa shape index (κ2) is 8.70. The van der Waals surface area contributed by atoms with Crippen LogP contribution in [0.25, 0.3) is 0 Å². The van der Waals surface area contributed by atoms with Crippen LogP contribution < -0.4 is 5.73 Å².